The first kappa shape index (κ1) is 52.8. The lowest BCUT2D eigenvalue weighted by Crippen LogP contribution is -2.50. The number of hydrogen-bond acceptors (Lipinski definition) is 4. The first-order valence-corrected chi connectivity index (χ1v) is 24.1. The first-order chi connectivity index (χ1) is 26.6. The van der Waals surface area contributed by atoms with Crippen molar-refractivity contribution in [1.29, 1.82) is 0 Å². The van der Waals surface area contributed by atoms with E-state index in [4.69, 9.17) is 0 Å². The summed E-state index contributed by atoms with van der Waals surface area (Å²) in [5.41, 5.74) is 0. The van der Waals surface area contributed by atoms with Gasteiger partial charge in [0.25, 0.3) is 0 Å². The molecule has 1 amide bonds. The highest BCUT2D eigenvalue weighted by Crippen LogP contribution is 2.17. The highest BCUT2D eigenvalue weighted by atomic mass is 16.3. The van der Waals surface area contributed by atoms with Crippen molar-refractivity contribution in [2.24, 2.45) is 0 Å². The van der Waals surface area contributed by atoms with Crippen LogP contribution >= 0.6 is 0 Å². The van der Waals surface area contributed by atoms with Crippen LogP contribution in [-0.4, -0.2) is 46.1 Å². The molecule has 0 aromatic rings. The summed E-state index contributed by atoms with van der Waals surface area (Å²) in [6.45, 7) is 4.19. The van der Waals surface area contributed by atoms with Gasteiger partial charge in [-0.05, 0) is 44.9 Å². The summed E-state index contributed by atoms with van der Waals surface area (Å²) in [6.07, 6.45) is 54.4. The van der Waals surface area contributed by atoms with E-state index in [-0.39, 0.29) is 12.5 Å². The maximum absolute atomic E-state index is 12.5. The highest BCUT2D eigenvalue weighted by Gasteiger charge is 2.26. The van der Waals surface area contributed by atoms with Crippen LogP contribution in [-0.2, 0) is 4.79 Å². The number of aliphatic hydroxyl groups excluding tert-OH is 3. The van der Waals surface area contributed by atoms with Crippen LogP contribution in [0, 0.1) is 0 Å². The van der Waals surface area contributed by atoms with E-state index in [1.54, 1.807) is 0 Å². The lowest BCUT2D eigenvalue weighted by molar-refractivity contribution is -0.124. The summed E-state index contributed by atoms with van der Waals surface area (Å²) in [5.74, 6) is -0.147. The van der Waals surface area contributed by atoms with Gasteiger partial charge >= 0.3 is 0 Å². The number of hydrogen-bond donors (Lipinski definition) is 4. The topological polar surface area (TPSA) is 89.8 Å². The zero-order chi connectivity index (χ0) is 39.4. The monoisotopic (exact) mass is 762 g/mol. The zero-order valence-corrected chi connectivity index (χ0v) is 36.4. The summed E-state index contributed by atoms with van der Waals surface area (Å²) in [6, 6.07) is -0.810. The molecule has 0 saturated carbocycles. The lowest BCUT2D eigenvalue weighted by atomic mass is 9.99. The summed E-state index contributed by atoms with van der Waals surface area (Å²) in [5, 5.41) is 33.6. The van der Waals surface area contributed by atoms with Crippen LogP contribution in [0.3, 0.4) is 0 Å². The minimum atomic E-state index is -1.14. The number of aliphatic hydroxyl groups is 3. The van der Waals surface area contributed by atoms with Crippen molar-refractivity contribution >= 4 is 5.91 Å². The number of nitrogens with one attached hydrogen (secondary N) is 1. The maximum Gasteiger partial charge on any atom is 0.220 e. The molecule has 3 unspecified atom stereocenters. The Hall–Kier alpha value is -1.17. The van der Waals surface area contributed by atoms with E-state index in [2.05, 4.69) is 43.5 Å². The third-order valence-corrected chi connectivity index (χ3v) is 11.3. The van der Waals surface area contributed by atoms with E-state index in [1.165, 1.54) is 186 Å². The van der Waals surface area contributed by atoms with E-state index in [0.717, 1.165) is 44.9 Å². The second-order valence-corrected chi connectivity index (χ2v) is 16.7. The smallest absolute Gasteiger partial charge is 0.220 e. The summed E-state index contributed by atoms with van der Waals surface area (Å²) in [7, 11) is 0. The van der Waals surface area contributed by atoms with Gasteiger partial charge in [0.05, 0.1) is 18.8 Å². The van der Waals surface area contributed by atoms with Crippen molar-refractivity contribution < 1.29 is 20.1 Å². The molecule has 0 bridgehead atoms. The standard InChI is InChI=1S/C49H95NO4/c1-3-5-7-9-11-13-15-17-19-20-21-22-23-24-25-26-27-28-30-32-34-36-38-40-42-44-48(53)50-46(45-51)49(54)47(52)43-41-39-37-35-33-31-29-18-16-14-12-10-8-6-4-2/h21-22,24-25,46-47,49,51-52,54H,3-20,23,26-45H2,1-2H3,(H,50,53)/b22-21-,25-24-. The predicted molar refractivity (Wildman–Crippen MR) is 236 cm³/mol. The summed E-state index contributed by atoms with van der Waals surface area (Å²) >= 11 is 0. The summed E-state index contributed by atoms with van der Waals surface area (Å²) < 4.78 is 0. The van der Waals surface area contributed by atoms with Crippen LogP contribution in [0.15, 0.2) is 24.3 Å². The molecule has 0 aliphatic heterocycles. The molecule has 320 valence electrons. The largest absolute Gasteiger partial charge is 0.394 e. The molecule has 0 aromatic heterocycles. The number of carbonyl (C=O) groups excluding carboxylic acids is 1. The molecule has 4 N–H and O–H groups in total. The maximum atomic E-state index is 12.5. The molecule has 5 heteroatoms. The molecular weight excluding hydrogens is 667 g/mol. The number of amides is 1. The van der Waals surface area contributed by atoms with Crippen molar-refractivity contribution in [2.45, 2.75) is 276 Å². The van der Waals surface area contributed by atoms with Crippen molar-refractivity contribution in [1.82, 2.24) is 5.32 Å². The Morgan fingerprint density at radius 3 is 1.17 bits per heavy atom. The van der Waals surface area contributed by atoms with Gasteiger partial charge in [-0.25, -0.2) is 0 Å². The molecule has 0 spiro atoms. The minimum Gasteiger partial charge on any atom is -0.394 e. The number of allylic oxidation sites excluding steroid dienone is 4. The number of rotatable bonds is 44. The Morgan fingerprint density at radius 1 is 0.463 bits per heavy atom. The molecule has 0 rings (SSSR count). The quantitative estimate of drug-likeness (QED) is 0.0368. The fraction of sp³-hybridized carbons (Fsp3) is 0.898. The molecule has 0 aliphatic carbocycles. The van der Waals surface area contributed by atoms with E-state index in [1.807, 2.05) is 0 Å². The second-order valence-electron chi connectivity index (χ2n) is 16.7. The number of unbranched alkanes of at least 4 members (excludes halogenated alkanes) is 32. The normalized spacial score (nSPS) is 13.6. The third kappa shape index (κ3) is 39.1. The highest BCUT2D eigenvalue weighted by molar-refractivity contribution is 5.76. The van der Waals surface area contributed by atoms with Crippen LogP contribution in [0.4, 0.5) is 0 Å². The van der Waals surface area contributed by atoms with Gasteiger partial charge in [-0.2, -0.15) is 0 Å². The molecule has 5 nitrogen and oxygen atoms in total. The van der Waals surface area contributed by atoms with E-state index < -0.39 is 18.2 Å². The van der Waals surface area contributed by atoms with Gasteiger partial charge in [0.1, 0.15) is 6.10 Å². The average molecular weight is 762 g/mol. The van der Waals surface area contributed by atoms with Crippen molar-refractivity contribution in [3.63, 3.8) is 0 Å². The van der Waals surface area contributed by atoms with E-state index in [0.29, 0.717) is 12.8 Å². The van der Waals surface area contributed by atoms with Crippen LogP contribution in [0.5, 0.6) is 0 Å². The molecule has 3 atom stereocenters. The molecule has 0 heterocycles. The minimum absolute atomic E-state index is 0.147. The second kappa shape index (κ2) is 44.5. The van der Waals surface area contributed by atoms with E-state index >= 15 is 0 Å². The first-order valence-electron chi connectivity index (χ1n) is 24.1. The van der Waals surface area contributed by atoms with Gasteiger partial charge in [-0.1, -0.05) is 231 Å². The molecular formula is C49H95NO4. The molecule has 0 aromatic carbocycles. The average Bonchev–Trinajstić information content (AvgIpc) is 3.18. The van der Waals surface area contributed by atoms with Crippen LogP contribution in [0.2, 0.25) is 0 Å². The van der Waals surface area contributed by atoms with Gasteiger partial charge in [-0.3, -0.25) is 4.79 Å². The van der Waals surface area contributed by atoms with Crippen LogP contribution in [0.25, 0.3) is 0 Å². The summed E-state index contributed by atoms with van der Waals surface area (Å²) in [4.78, 5) is 12.5. The van der Waals surface area contributed by atoms with Crippen molar-refractivity contribution in [2.75, 3.05) is 6.61 Å². The van der Waals surface area contributed by atoms with Gasteiger partial charge < -0.3 is 20.6 Å². The Kier molecular flexibility index (Phi) is 43.6. The Balaban J connectivity index is 3.59. The van der Waals surface area contributed by atoms with E-state index in [9.17, 15) is 20.1 Å². The molecule has 0 aliphatic rings. The Bertz CT molecular complexity index is 799. The molecule has 54 heavy (non-hydrogen) atoms. The van der Waals surface area contributed by atoms with Crippen LogP contribution in [0.1, 0.15) is 258 Å². The Morgan fingerprint density at radius 2 is 0.796 bits per heavy atom. The Labute approximate surface area is 337 Å². The predicted octanol–water partition coefficient (Wildman–Crippen LogP) is 14.2. The van der Waals surface area contributed by atoms with Gasteiger partial charge in [0.2, 0.25) is 5.91 Å². The third-order valence-electron chi connectivity index (χ3n) is 11.3. The van der Waals surface area contributed by atoms with Crippen molar-refractivity contribution in [3.05, 3.63) is 24.3 Å². The van der Waals surface area contributed by atoms with Gasteiger partial charge in [-0.15, -0.1) is 0 Å². The van der Waals surface area contributed by atoms with Gasteiger partial charge in [0.15, 0.2) is 0 Å². The van der Waals surface area contributed by atoms with Crippen molar-refractivity contribution in [3.8, 4) is 0 Å². The van der Waals surface area contributed by atoms with Gasteiger partial charge in [0, 0.05) is 6.42 Å². The molecule has 0 saturated heterocycles. The molecule has 0 fully saturated rings. The fourth-order valence-corrected chi connectivity index (χ4v) is 7.55. The zero-order valence-electron chi connectivity index (χ0n) is 36.4. The fourth-order valence-electron chi connectivity index (χ4n) is 7.55. The lowest BCUT2D eigenvalue weighted by Gasteiger charge is -2.26. The SMILES string of the molecule is CCCCCCCCCCC/C=C\C/C=C\CCCCCCCCCCCC(=O)NC(CO)C(O)C(O)CCCCCCCCCCCCCCCCC. The molecule has 0 radical (unpaired) electrons. The van der Waals surface area contributed by atoms with Crippen LogP contribution < -0.4 is 5.32 Å². The number of carbonyl (C=O) groups is 1.